The Morgan fingerprint density at radius 2 is 2.08 bits per heavy atom. The smallest absolute Gasteiger partial charge is 0.267 e. The van der Waals surface area contributed by atoms with Gasteiger partial charge in [0.05, 0.1) is 17.9 Å². The third-order valence-corrected chi connectivity index (χ3v) is 5.14. The first kappa shape index (κ1) is 18.3. The molecule has 0 bridgehead atoms. The monoisotopic (exact) mass is 378 g/mol. The second kappa shape index (κ2) is 7.38. The highest BCUT2D eigenvalue weighted by molar-refractivity contribution is 7.17. The minimum absolute atomic E-state index is 0.0358. The van der Waals surface area contributed by atoms with Gasteiger partial charge in [0.1, 0.15) is 10.7 Å². The maximum absolute atomic E-state index is 14.2. The minimum Gasteiger partial charge on any atom is -0.381 e. The highest BCUT2D eigenvalue weighted by Gasteiger charge is 2.31. The number of benzene rings is 1. The van der Waals surface area contributed by atoms with Gasteiger partial charge < -0.3 is 21.1 Å². The van der Waals surface area contributed by atoms with Gasteiger partial charge in [-0.3, -0.25) is 9.59 Å². The lowest BCUT2D eigenvalue weighted by molar-refractivity contribution is 0.0175. The number of methoxy groups -OCH3 is 1. The lowest BCUT2D eigenvalue weighted by atomic mass is 9.89. The normalized spacial score (nSPS) is 18.9. The first-order valence-corrected chi connectivity index (χ1v) is 8.85. The second-order valence-electron chi connectivity index (χ2n) is 6.16. The number of amides is 2. The first-order valence-electron chi connectivity index (χ1n) is 8.03. The van der Waals surface area contributed by atoms with Gasteiger partial charge in [-0.2, -0.15) is 0 Å². The number of aromatic nitrogens is 1. The number of thiazole rings is 1. The molecule has 9 heteroatoms. The Morgan fingerprint density at radius 1 is 1.35 bits per heavy atom. The van der Waals surface area contributed by atoms with Crippen LogP contribution in [0.5, 0.6) is 0 Å². The van der Waals surface area contributed by atoms with Gasteiger partial charge in [0.15, 0.2) is 5.13 Å². The molecule has 1 aliphatic rings. The lowest BCUT2D eigenvalue weighted by Gasteiger charge is -2.34. The van der Waals surface area contributed by atoms with Crippen molar-refractivity contribution in [2.45, 2.75) is 31.9 Å². The molecule has 0 saturated heterocycles. The van der Waals surface area contributed by atoms with E-state index in [1.54, 1.807) is 14.0 Å². The zero-order valence-corrected chi connectivity index (χ0v) is 15.2. The number of rotatable bonds is 5. The van der Waals surface area contributed by atoms with Crippen molar-refractivity contribution in [1.29, 1.82) is 0 Å². The zero-order chi connectivity index (χ0) is 18.8. The number of carbonyl (C=O) groups excluding carboxylic acids is 2. The van der Waals surface area contributed by atoms with Crippen LogP contribution in [-0.2, 0) is 4.74 Å². The van der Waals surface area contributed by atoms with Gasteiger partial charge in [0.25, 0.3) is 11.8 Å². The number of carbonyl (C=O) groups is 2. The third-order valence-electron chi connectivity index (χ3n) is 4.32. The lowest BCUT2D eigenvalue weighted by Crippen LogP contribution is -2.47. The number of ether oxygens (including phenoxy) is 1. The number of nitrogens with two attached hydrogens (primary N) is 1. The van der Waals surface area contributed by atoms with E-state index in [9.17, 15) is 14.0 Å². The SMILES string of the molecule is COC1CC(NC(=O)c2cc(NC(=O)c3cnc(N)s3)c(C)cc2F)C1. The highest BCUT2D eigenvalue weighted by Crippen LogP contribution is 2.25. The Bertz CT molecular complexity index is 849. The number of nitrogen functional groups attached to an aromatic ring is 1. The van der Waals surface area contributed by atoms with Gasteiger partial charge in [0, 0.05) is 18.8 Å². The van der Waals surface area contributed by atoms with Crippen molar-refractivity contribution in [3.05, 3.63) is 40.2 Å². The highest BCUT2D eigenvalue weighted by atomic mass is 32.1. The Labute approximate surface area is 153 Å². The molecule has 2 aromatic rings. The number of halogens is 1. The van der Waals surface area contributed by atoms with Crippen LogP contribution in [0.2, 0.25) is 0 Å². The molecule has 2 amide bonds. The number of nitrogens with one attached hydrogen (secondary N) is 2. The predicted octanol–water partition coefficient (Wildman–Crippen LogP) is 2.33. The van der Waals surface area contributed by atoms with E-state index in [-0.39, 0.29) is 22.8 Å². The van der Waals surface area contributed by atoms with Crippen molar-refractivity contribution in [3.8, 4) is 0 Å². The molecule has 3 rings (SSSR count). The van der Waals surface area contributed by atoms with Crippen LogP contribution < -0.4 is 16.4 Å². The Kier molecular flexibility index (Phi) is 5.19. The molecular formula is C17H19FN4O3S. The number of hydrogen-bond donors (Lipinski definition) is 3. The van der Waals surface area contributed by atoms with Gasteiger partial charge in [-0.05, 0) is 37.5 Å². The van der Waals surface area contributed by atoms with E-state index in [4.69, 9.17) is 10.5 Å². The molecule has 1 fully saturated rings. The Hall–Kier alpha value is -2.52. The standard InChI is InChI=1S/C17H19FN4O3S/c1-8-3-12(18)11(15(23)21-9-4-10(5-9)25-2)6-13(8)22-16(24)14-7-20-17(19)26-14/h3,6-7,9-10H,4-5H2,1-2H3,(H2,19,20)(H,21,23)(H,22,24). The summed E-state index contributed by atoms with van der Waals surface area (Å²) in [6, 6.07) is 2.53. The van der Waals surface area contributed by atoms with Gasteiger partial charge in [-0.15, -0.1) is 0 Å². The molecule has 0 unspecified atom stereocenters. The van der Waals surface area contributed by atoms with Crippen LogP contribution in [0, 0.1) is 12.7 Å². The van der Waals surface area contributed by atoms with Crippen molar-refractivity contribution in [1.82, 2.24) is 10.3 Å². The van der Waals surface area contributed by atoms with E-state index in [2.05, 4.69) is 15.6 Å². The second-order valence-corrected chi connectivity index (χ2v) is 7.23. The summed E-state index contributed by atoms with van der Waals surface area (Å²) in [5, 5.41) is 5.72. The molecular weight excluding hydrogens is 359 g/mol. The van der Waals surface area contributed by atoms with Crippen molar-refractivity contribution in [2.24, 2.45) is 0 Å². The molecule has 4 N–H and O–H groups in total. The summed E-state index contributed by atoms with van der Waals surface area (Å²) in [4.78, 5) is 28.8. The van der Waals surface area contributed by atoms with Crippen molar-refractivity contribution >= 4 is 34.0 Å². The fourth-order valence-electron chi connectivity index (χ4n) is 2.70. The third kappa shape index (κ3) is 3.83. The van der Waals surface area contributed by atoms with Crippen LogP contribution in [0.3, 0.4) is 0 Å². The molecule has 0 aliphatic heterocycles. The Balaban J connectivity index is 1.74. The van der Waals surface area contributed by atoms with Gasteiger partial charge >= 0.3 is 0 Å². The number of nitrogens with zero attached hydrogens (tertiary/aromatic N) is 1. The van der Waals surface area contributed by atoms with Crippen LogP contribution >= 0.6 is 11.3 Å². The molecule has 0 spiro atoms. The summed E-state index contributed by atoms with van der Waals surface area (Å²) in [5.41, 5.74) is 6.27. The van der Waals surface area contributed by atoms with Crippen LogP contribution in [0.25, 0.3) is 0 Å². The van der Waals surface area contributed by atoms with Gasteiger partial charge in [-0.1, -0.05) is 11.3 Å². The van der Waals surface area contributed by atoms with Gasteiger partial charge in [-0.25, -0.2) is 9.37 Å². The van der Waals surface area contributed by atoms with Crippen molar-refractivity contribution in [3.63, 3.8) is 0 Å². The zero-order valence-electron chi connectivity index (χ0n) is 14.3. The average Bonchev–Trinajstić information content (AvgIpc) is 2.99. The average molecular weight is 378 g/mol. The summed E-state index contributed by atoms with van der Waals surface area (Å²) in [7, 11) is 1.62. The van der Waals surface area contributed by atoms with E-state index in [1.807, 2.05) is 0 Å². The molecule has 0 atom stereocenters. The fourth-order valence-corrected chi connectivity index (χ4v) is 3.28. The molecule has 0 radical (unpaired) electrons. The van der Waals surface area contributed by atoms with Crippen molar-refractivity contribution < 1.29 is 18.7 Å². The summed E-state index contributed by atoms with van der Waals surface area (Å²) in [5.74, 6) is -1.57. The van der Waals surface area contributed by atoms with Crippen molar-refractivity contribution in [2.75, 3.05) is 18.2 Å². The predicted molar refractivity (Wildman–Crippen MR) is 96.9 cm³/mol. The van der Waals surface area contributed by atoms with Gasteiger partial charge in [0.2, 0.25) is 0 Å². The first-order chi connectivity index (χ1) is 12.4. The molecule has 1 aromatic heterocycles. The maximum Gasteiger partial charge on any atom is 0.267 e. The van der Waals surface area contributed by atoms with Crippen LogP contribution in [0.15, 0.2) is 18.3 Å². The number of hydrogen-bond acceptors (Lipinski definition) is 6. The van der Waals surface area contributed by atoms with E-state index in [0.29, 0.717) is 29.0 Å². The molecule has 7 nitrogen and oxygen atoms in total. The minimum atomic E-state index is -0.636. The summed E-state index contributed by atoms with van der Waals surface area (Å²) >= 11 is 1.05. The molecule has 138 valence electrons. The Morgan fingerprint density at radius 3 is 2.69 bits per heavy atom. The quantitative estimate of drug-likeness (QED) is 0.740. The summed E-state index contributed by atoms with van der Waals surface area (Å²) in [6.07, 6.45) is 2.90. The topological polar surface area (TPSA) is 106 Å². The number of anilines is 2. The van der Waals surface area contributed by atoms with Crippen LogP contribution in [-0.4, -0.2) is 36.1 Å². The molecule has 26 heavy (non-hydrogen) atoms. The maximum atomic E-state index is 14.2. The summed E-state index contributed by atoms with van der Waals surface area (Å²) < 4.78 is 19.4. The molecule has 1 saturated carbocycles. The van der Waals surface area contributed by atoms with E-state index >= 15 is 0 Å². The largest absolute Gasteiger partial charge is 0.381 e. The number of aryl methyl sites for hydroxylation is 1. The van der Waals surface area contributed by atoms with E-state index < -0.39 is 17.6 Å². The summed E-state index contributed by atoms with van der Waals surface area (Å²) in [6.45, 7) is 1.65. The van der Waals surface area contributed by atoms with E-state index in [1.165, 1.54) is 18.3 Å². The molecule has 1 heterocycles. The van der Waals surface area contributed by atoms with Crippen LogP contribution in [0.1, 0.15) is 38.4 Å². The van der Waals surface area contributed by atoms with Crippen LogP contribution in [0.4, 0.5) is 15.2 Å². The van der Waals surface area contributed by atoms with E-state index in [0.717, 1.165) is 11.3 Å². The molecule has 1 aromatic carbocycles. The fraction of sp³-hybridized carbons (Fsp3) is 0.353. The molecule has 1 aliphatic carbocycles.